The van der Waals surface area contributed by atoms with Crippen LogP contribution in [-0.2, 0) is 20.0 Å². The Labute approximate surface area is 149 Å². The lowest BCUT2D eigenvalue weighted by atomic mass is 9.63. The monoisotopic (exact) mass is 357 g/mol. The molecule has 1 unspecified atom stereocenters. The number of carbonyl (C=O) groups is 1. The van der Waals surface area contributed by atoms with Crippen molar-refractivity contribution in [2.75, 3.05) is 6.26 Å². The van der Waals surface area contributed by atoms with Crippen molar-refractivity contribution in [1.82, 2.24) is 5.32 Å². The molecule has 0 aliphatic heterocycles. The smallest absolute Gasteiger partial charge is 0.231 e. The summed E-state index contributed by atoms with van der Waals surface area (Å²) in [5, 5.41) is 3.11. The number of rotatable bonds is 5. The summed E-state index contributed by atoms with van der Waals surface area (Å²) in [6, 6.07) is 16.4. The molecule has 0 spiro atoms. The number of hydrogen-bond acceptors (Lipinski definition) is 3. The maximum atomic E-state index is 13.0. The van der Waals surface area contributed by atoms with Gasteiger partial charge in [0.15, 0.2) is 9.84 Å². The first-order valence-corrected chi connectivity index (χ1v) is 10.4. The lowest BCUT2D eigenvalue weighted by molar-refractivity contribution is -0.130. The van der Waals surface area contributed by atoms with E-state index in [2.05, 4.69) is 5.32 Å². The van der Waals surface area contributed by atoms with Crippen LogP contribution in [0.2, 0.25) is 0 Å². The second-order valence-electron chi connectivity index (χ2n) is 6.84. The molecule has 0 aromatic heterocycles. The highest BCUT2D eigenvalue weighted by atomic mass is 32.2. The van der Waals surface area contributed by atoms with Crippen molar-refractivity contribution in [3.05, 3.63) is 65.7 Å². The minimum Gasteiger partial charge on any atom is -0.349 e. The van der Waals surface area contributed by atoms with E-state index in [0.717, 1.165) is 30.4 Å². The van der Waals surface area contributed by atoms with E-state index in [4.69, 9.17) is 0 Å². The molecule has 1 aliphatic rings. The SMILES string of the molecule is CC(NC(=O)C1(c2ccccc2)CCC1)c1ccc(S(C)(=O)=O)cc1. The predicted octanol–water partition coefficient (Wildman–Crippen LogP) is 3.39. The minimum atomic E-state index is -3.21. The molecule has 132 valence electrons. The molecule has 1 atom stereocenters. The van der Waals surface area contributed by atoms with E-state index >= 15 is 0 Å². The molecule has 0 radical (unpaired) electrons. The van der Waals surface area contributed by atoms with E-state index < -0.39 is 15.3 Å². The van der Waals surface area contributed by atoms with Gasteiger partial charge in [-0.15, -0.1) is 0 Å². The molecule has 25 heavy (non-hydrogen) atoms. The maximum Gasteiger partial charge on any atom is 0.231 e. The number of benzene rings is 2. The molecule has 1 saturated carbocycles. The van der Waals surface area contributed by atoms with Gasteiger partial charge in [0.1, 0.15) is 0 Å². The summed E-state index contributed by atoms with van der Waals surface area (Å²) in [7, 11) is -3.21. The van der Waals surface area contributed by atoms with Crippen LogP contribution in [0.3, 0.4) is 0 Å². The summed E-state index contributed by atoms with van der Waals surface area (Å²) in [6.45, 7) is 1.92. The molecule has 1 amide bonds. The fourth-order valence-electron chi connectivity index (χ4n) is 3.36. The lowest BCUT2D eigenvalue weighted by Crippen LogP contribution is -2.49. The first kappa shape index (κ1) is 17.7. The van der Waals surface area contributed by atoms with Crippen molar-refractivity contribution in [3.63, 3.8) is 0 Å². The lowest BCUT2D eigenvalue weighted by Gasteiger charge is -2.41. The van der Waals surface area contributed by atoms with Gasteiger partial charge in [-0.25, -0.2) is 8.42 Å². The average molecular weight is 357 g/mol. The van der Waals surface area contributed by atoms with Gasteiger partial charge in [-0.2, -0.15) is 0 Å². The normalized spacial score (nSPS) is 17.4. The van der Waals surface area contributed by atoms with Crippen LogP contribution in [0, 0.1) is 0 Å². The van der Waals surface area contributed by atoms with E-state index in [1.165, 1.54) is 6.26 Å². The number of sulfone groups is 1. The van der Waals surface area contributed by atoms with Gasteiger partial charge in [0.25, 0.3) is 0 Å². The molecule has 0 saturated heterocycles. The minimum absolute atomic E-state index is 0.0460. The Morgan fingerprint density at radius 3 is 2.12 bits per heavy atom. The van der Waals surface area contributed by atoms with Crippen LogP contribution >= 0.6 is 0 Å². The third-order valence-electron chi connectivity index (χ3n) is 5.12. The molecule has 3 rings (SSSR count). The second-order valence-corrected chi connectivity index (χ2v) is 8.85. The van der Waals surface area contributed by atoms with Gasteiger partial charge in [-0.3, -0.25) is 4.79 Å². The van der Waals surface area contributed by atoms with Crippen molar-refractivity contribution in [2.24, 2.45) is 0 Å². The standard InChI is InChI=1S/C20H23NO3S/c1-15(16-9-11-18(12-10-16)25(2,23)24)21-19(22)20(13-6-14-20)17-7-4-3-5-8-17/h3-5,7-12,15H,6,13-14H2,1-2H3,(H,21,22). The zero-order valence-electron chi connectivity index (χ0n) is 14.5. The molecule has 2 aromatic carbocycles. The highest BCUT2D eigenvalue weighted by Crippen LogP contribution is 2.44. The molecule has 4 nitrogen and oxygen atoms in total. The number of carbonyl (C=O) groups excluding carboxylic acids is 1. The Bertz CT molecular complexity index is 854. The van der Waals surface area contributed by atoms with Gasteiger partial charge in [0.05, 0.1) is 16.4 Å². The third-order valence-corrected chi connectivity index (χ3v) is 6.25. The molecule has 5 heteroatoms. The van der Waals surface area contributed by atoms with Crippen molar-refractivity contribution in [1.29, 1.82) is 0 Å². The average Bonchev–Trinajstić information content (AvgIpc) is 2.54. The Morgan fingerprint density at radius 1 is 1.04 bits per heavy atom. The zero-order valence-corrected chi connectivity index (χ0v) is 15.3. The Balaban J connectivity index is 1.76. The molecular formula is C20H23NO3S. The Morgan fingerprint density at radius 2 is 1.64 bits per heavy atom. The van der Waals surface area contributed by atoms with Gasteiger partial charge in [-0.05, 0) is 43.0 Å². The fraction of sp³-hybridized carbons (Fsp3) is 0.350. The molecule has 0 heterocycles. The third kappa shape index (κ3) is 3.47. The Kier molecular flexibility index (Phi) is 4.69. The van der Waals surface area contributed by atoms with E-state index in [-0.39, 0.29) is 16.8 Å². The molecule has 1 aliphatic carbocycles. The van der Waals surface area contributed by atoms with Crippen LogP contribution < -0.4 is 5.32 Å². The highest BCUT2D eigenvalue weighted by molar-refractivity contribution is 7.90. The molecule has 2 aromatic rings. The number of amides is 1. The fourth-order valence-corrected chi connectivity index (χ4v) is 3.99. The van der Waals surface area contributed by atoms with E-state index in [1.54, 1.807) is 24.3 Å². The van der Waals surface area contributed by atoms with Crippen molar-refractivity contribution < 1.29 is 13.2 Å². The van der Waals surface area contributed by atoms with E-state index in [0.29, 0.717) is 0 Å². The zero-order chi connectivity index (χ0) is 18.1. The van der Waals surface area contributed by atoms with Crippen LogP contribution in [-0.4, -0.2) is 20.6 Å². The van der Waals surface area contributed by atoms with Crippen molar-refractivity contribution >= 4 is 15.7 Å². The van der Waals surface area contributed by atoms with Gasteiger partial charge < -0.3 is 5.32 Å². The molecular weight excluding hydrogens is 334 g/mol. The van der Waals surface area contributed by atoms with E-state index in [9.17, 15) is 13.2 Å². The maximum absolute atomic E-state index is 13.0. The first-order chi connectivity index (χ1) is 11.8. The van der Waals surface area contributed by atoms with Crippen LogP contribution in [0.5, 0.6) is 0 Å². The number of hydrogen-bond donors (Lipinski definition) is 1. The van der Waals surface area contributed by atoms with Gasteiger partial charge in [0, 0.05) is 6.26 Å². The Hall–Kier alpha value is -2.14. The summed E-state index contributed by atoms with van der Waals surface area (Å²) in [5.74, 6) is 0.0460. The molecule has 1 fully saturated rings. The van der Waals surface area contributed by atoms with Gasteiger partial charge in [0.2, 0.25) is 5.91 Å². The topological polar surface area (TPSA) is 63.2 Å². The number of nitrogens with one attached hydrogen (secondary N) is 1. The van der Waals surface area contributed by atoms with Gasteiger partial charge >= 0.3 is 0 Å². The molecule has 0 bridgehead atoms. The van der Waals surface area contributed by atoms with Crippen LogP contribution in [0.4, 0.5) is 0 Å². The predicted molar refractivity (Wildman–Crippen MR) is 98.1 cm³/mol. The van der Waals surface area contributed by atoms with Crippen LogP contribution in [0.1, 0.15) is 43.4 Å². The van der Waals surface area contributed by atoms with Crippen molar-refractivity contribution in [3.8, 4) is 0 Å². The largest absolute Gasteiger partial charge is 0.349 e. The quantitative estimate of drug-likeness (QED) is 0.892. The van der Waals surface area contributed by atoms with Gasteiger partial charge in [-0.1, -0.05) is 48.9 Å². The summed E-state index contributed by atoms with van der Waals surface area (Å²) >= 11 is 0. The summed E-state index contributed by atoms with van der Waals surface area (Å²) in [4.78, 5) is 13.2. The van der Waals surface area contributed by atoms with Crippen LogP contribution in [0.15, 0.2) is 59.5 Å². The summed E-state index contributed by atoms with van der Waals surface area (Å²) in [6.07, 6.45) is 3.97. The van der Waals surface area contributed by atoms with E-state index in [1.807, 2.05) is 37.3 Å². The van der Waals surface area contributed by atoms with Crippen LogP contribution in [0.25, 0.3) is 0 Å². The summed E-state index contributed by atoms with van der Waals surface area (Å²) in [5.41, 5.74) is 1.53. The van der Waals surface area contributed by atoms with Crippen molar-refractivity contribution in [2.45, 2.75) is 42.5 Å². The summed E-state index contributed by atoms with van der Waals surface area (Å²) < 4.78 is 23.1. The second kappa shape index (κ2) is 6.64. The molecule has 1 N–H and O–H groups in total. The highest BCUT2D eigenvalue weighted by Gasteiger charge is 2.45. The first-order valence-electron chi connectivity index (χ1n) is 8.49.